The summed E-state index contributed by atoms with van der Waals surface area (Å²) >= 11 is 0. The number of hydrogen-bond acceptors (Lipinski definition) is 3. The predicted molar refractivity (Wildman–Crippen MR) is 207 cm³/mol. The maximum absolute atomic E-state index is 5.09. The van der Waals surface area contributed by atoms with Crippen LogP contribution in [0.15, 0.2) is 188 Å². The molecule has 0 aliphatic heterocycles. The zero-order valence-electron chi connectivity index (χ0n) is 27.2. The summed E-state index contributed by atoms with van der Waals surface area (Å²) in [4.78, 5) is 15.1. The van der Waals surface area contributed by atoms with Crippen molar-refractivity contribution in [2.24, 2.45) is 0 Å². The molecule has 9 rings (SSSR count). The SMILES string of the molecule is c1ccc(-c2nc(-c3cccc(-c4ccc(-c5cccc6ccccc56)cc4)c3)nc(-c3cccc(-c4cccc5ccccc45)c3)n2)cc1. The van der Waals surface area contributed by atoms with Crippen LogP contribution in [0.25, 0.3) is 89.1 Å². The van der Waals surface area contributed by atoms with Crippen LogP contribution in [0.4, 0.5) is 0 Å². The van der Waals surface area contributed by atoms with E-state index < -0.39 is 0 Å². The lowest BCUT2D eigenvalue weighted by Crippen LogP contribution is -2.00. The van der Waals surface area contributed by atoms with Gasteiger partial charge in [0.1, 0.15) is 0 Å². The number of hydrogen-bond donors (Lipinski definition) is 0. The summed E-state index contributed by atoms with van der Waals surface area (Å²) in [7, 11) is 0. The molecule has 9 aromatic rings. The van der Waals surface area contributed by atoms with Crippen LogP contribution in [0.1, 0.15) is 0 Å². The van der Waals surface area contributed by atoms with Gasteiger partial charge in [-0.05, 0) is 67.1 Å². The van der Waals surface area contributed by atoms with E-state index in [-0.39, 0.29) is 0 Å². The first-order valence-electron chi connectivity index (χ1n) is 16.9. The molecule has 0 atom stereocenters. The van der Waals surface area contributed by atoms with Gasteiger partial charge in [-0.2, -0.15) is 0 Å². The fraction of sp³-hybridized carbons (Fsp3) is 0. The molecule has 0 spiro atoms. The number of fused-ring (bicyclic) bond motifs is 2. The first-order chi connectivity index (χ1) is 24.8. The minimum atomic E-state index is 0.638. The lowest BCUT2D eigenvalue weighted by Gasteiger charge is -2.12. The summed E-state index contributed by atoms with van der Waals surface area (Å²) in [5, 5.41) is 4.93. The number of benzene rings is 8. The molecule has 234 valence electrons. The van der Waals surface area contributed by atoms with Gasteiger partial charge in [0.2, 0.25) is 0 Å². The van der Waals surface area contributed by atoms with E-state index in [4.69, 9.17) is 15.0 Å². The first kappa shape index (κ1) is 29.4. The normalized spacial score (nSPS) is 11.2. The number of aromatic nitrogens is 3. The van der Waals surface area contributed by atoms with Crippen LogP contribution in [-0.4, -0.2) is 15.0 Å². The maximum Gasteiger partial charge on any atom is 0.164 e. The van der Waals surface area contributed by atoms with Gasteiger partial charge in [-0.25, -0.2) is 15.0 Å². The van der Waals surface area contributed by atoms with Crippen LogP contribution in [0.2, 0.25) is 0 Å². The van der Waals surface area contributed by atoms with E-state index in [1.807, 2.05) is 30.3 Å². The molecule has 0 N–H and O–H groups in total. The van der Waals surface area contributed by atoms with Crippen molar-refractivity contribution in [2.45, 2.75) is 0 Å². The van der Waals surface area contributed by atoms with Gasteiger partial charge in [-0.15, -0.1) is 0 Å². The molecule has 1 aromatic heterocycles. The molecule has 0 bridgehead atoms. The van der Waals surface area contributed by atoms with Gasteiger partial charge >= 0.3 is 0 Å². The standard InChI is InChI=1S/C47H31N3/c1-2-14-36(15-3-1)45-48-46(50-47(49-45)40-21-9-19-38(31-40)44-25-11-17-34-13-5-7-23-42(34)44)39-20-8-18-37(30-39)32-26-28-35(29-27-32)43-24-10-16-33-12-4-6-22-41(33)43/h1-31H. The van der Waals surface area contributed by atoms with Crippen molar-refractivity contribution in [3.8, 4) is 67.5 Å². The lowest BCUT2D eigenvalue weighted by atomic mass is 9.96. The van der Waals surface area contributed by atoms with E-state index >= 15 is 0 Å². The molecular formula is C47H31N3. The maximum atomic E-state index is 5.09. The minimum absolute atomic E-state index is 0.638. The van der Waals surface area contributed by atoms with Crippen molar-refractivity contribution in [3.63, 3.8) is 0 Å². The molecule has 3 nitrogen and oxygen atoms in total. The quantitative estimate of drug-likeness (QED) is 0.182. The molecule has 0 saturated heterocycles. The molecular weight excluding hydrogens is 607 g/mol. The van der Waals surface area contributed by atoms with Crippen molar-refractivity contribution >= 4 is 21.5 Å². The van der Waals surface area contributed by atoms with E-state index in [1.165, 1.54) is 38.2 Å². The third-order valence-electron chi connectivity index (χ3n) is 9.33. The Balaban J connectivity index is 1.11. The van der Waals surface area contributed by atoms with Crippen molar-refractivity contribution in [1.82, 2.24) is 15.0 Å². The van der Waals surface area contributed by atoms with Crippen molar-refractivity contribution in [2.75, 3.05) is 0 Å². The number of nitrogens with zero attached hydrogens (tertiary/aromatic N) is 3. The summed E-state index contributed by atoms with van der Waals surface area (Å²) in [6.45, 7) is 0. The Morgan fingerprint density at radius 3 is 1.26 bits per heavy atom. The van der Waals surface area contributed by atoms with Gasteiger partial charge in [0.15, 0.2) is 17.5 Å². The zero-order valence-corrected chi connectivity index (χ0v) is 27.2. The molecule has 50 heavy (non-hydrogen) atoms. The molecule has 1 heterocycles. The summed E-state index contributed by atoms with van der Waals surface area (Å²) in [5.74, 6) is 1.92. The summed E-state index contributed by atoms with van der Waals surface area (Å²) in [5.41, 5.74) is 9.80. The minimum Gasteiger partial charge on any atom is -0.208 e. The topological polar surface area (TPSA) is 38.7 Å². The highest BCUT2D eigenvalue weighted by atomic mass is 15.0. The number of rotatable bonds is 6. The second-order valence-electron chi connectivity index (χ2n) is 12.5. The molecule has 0 radical (unpaired) electrons. The van der Waals surface area contributed by atoms with E-state index in [0.29, 0.717) is 17.5 Å². The second kappa shape index (κ2) is 12.7. The summed E-state index contributed by atoms with van der Waals surface area (Å²) < 4.78 is 0. The third-order valence-corrected chi connectivity index (χ3v) is 9.33. The molecule has 0 amide bonds. The fourth-order valence-corrected chi connectivity index (χ4v) is 6.81. The molecule has 0 aliphatic rings. The van der Waals surface area contributed by atoms with E-state index in [9.17, 15) is 0 Å². The van der Waals surface area contributed by atoms with E-state index in [0.717, 1.165) is 33.4 Å². The van der Waals surface area contributed by atoms with Crippen LogP contribution in [0, 0.1) is 0 Å². The zero-order chi connectivity index (χ0) is 33.3. The fourth-order valence-electron chi connectivity index (χ4n) is 6.81. The highest BCUT2D eigenvalue weighted by Gasteiger charge is 2.14. The first-order valence-corrected chi connectivity index (χ1v) is 16.9. The van der Waals surface area contributed by atoms with Crippen molar-refractivity contribution in [1.29, 1.82) is 0 Å². The summed E-state index contributed by atoms with van der Waals surface area (Å²) in [6.07, 6.45) is 0. The third kappa shape index (κ3) is 5.61. The Morgan fingerprint density at radius 1 is 0.240 bits per heavy atom. The highest BCUT2D eigenvalue weighted by molar-refractivity contribution is 5.98. The van der Waals surface area contributed by atoms with Crippen molar-refractivity contribution in [3.05, 3.63) is 188 Å². The van der Waals surface area contributed by atoms with Gasteiger partial charge in [-0.1, -0.05) is 176 Å². The van der Waals surface area contributed by atoms with Crippen LogP contribution in [-0.2, 0) is 0 Å². The average molecular weight is 638 g/mol. The Kier molecular flexibility index (Phi) is 7.49. The molecule has 8 aromatic carbocycles. The molecule has 0 aliphatic carbocycles. The Labute approximate surface area is 291 Å². The van der Waals surface area contributed by atoms with Crippen LogP contribution in [0.5, 0.6) is 0 Å². The Hall–Kier alpha value is -6.71. The highest BCUT2D eigenvalue weighted by Crippen LogP contribution is 2.34. The van der Waals surface area contributed by atoms with Crippen LogP contribution >= 0.6 is 0 Å². The van der Waals surface area contributed by atoms with Gasteiger partial charge in [-0.3, -0.25) is 0 Å². The van der Waals surface area contributed by atoms with Gasteiger partial charge in [0.25, 0.3) is 0 Å². The van der Waals surface area contributed by atoms with Crippen LogP contribution < -0.4 is 0 Å². The molecule has 0 fully saturated rings. The monoisotopic (exact) mass is 637 g/mol. The van der Waals surface area contributed by atoms with E-state index in [2.05, 4.69) is 158 Å². The van der Waals surface area contributed by atoms with Crippen LogP contribution in [0.3, 0.4) is 0 Å². The Morgan fingerprint density at radius 2 is 0.640 bits per heavy atom. The Bertz CT molecular complexity index is 2630. The molecule has 3 heteroatoms. The smallest absolute Gasteiger partial charge is 0.164 e. The van der Waals surface area contributed by atoms with Gasteiger partial charge < -0.3 is 0 Å². The average Bonchev–Trinajstić information content (AvgIpc) is 3.21. The lowest BCUT2D eigenvalue weighted by molar-refractivity contribution is 1.07. The predicted octanol–water partition coefficient (Wildman–Crippen LogP) is 12.2. The van der Waals surface area contributed by atoms with Gasteiger partial charge in [0, 0.05) is 16.7 Å². The van der Waals surface area contributed by atoms with Gasteiger partial charge in [0.05, 0.1) is 0 Å². The van der Waals surface area contributed by atoms with E-state index in [1.54, 1.807) is 0 Å². The molecule has 0 saturated carbocycles. The second-order valence-corrected chi connectivity index (χ2v) is 12.5. The summed E-state index contributed by atoms with van der Waals surface area (Å²) in [6, 6.07) is 65.9. The van der Waals surface area contributed by atoms with Crippen molar-refractivity contribution < 1.29 is 0 Å². The molecule has 0 unspecified atom stereocenters. The largest absolute Gasteiger partial charge is 0.208 e.